The van der Waals surface area contributed by atoms with E-state index in [9.17, 15) is 56.3 Å². The Balaban J connectivity index is 1.35. The smallest absolute Gasteiger partial charge is 0.343 e. The summed E-state index contributed by atoms with van der Waals surface area (Å²) in [6.45, 7) is 7.71. The second-order valence-electron chi connectivity index (χ2n) is 28.5. The molecule has 6 fully saturated rings. The van der Waals surface area contributed by atoms with Gasteiger partial charge in [-0.3, -0.25) is 52.7 Å². The largest absolute Gasteiger partial charge is 0.393 e. The van der Waals surface area contributed by atoms with E-state index in [2.05, 4.69) is 16.0 Å². The van der Waals surface area contributed by atoms with Gasteiger partial charge in [0, 0.05) is 73.7 Å². The lowest BCUT2D eigenvalue weighted by molar-refractivity contribution is -0.182. The predicted molar refractivity (Wildman–Crippen MR) is 341 cm³/mol. The molecule has 3 unspecified atom stereocenters. The fourth-order valence-corrected chi connectivity index (χ4v) is 14.9. The molecule has 0 radical (unpaired) electrons. The third-order valence-corrected chi connectivity index (χ3v) is 21.5. The molecule has 520 valence electrons. The van der Waals surface area contributed by atoms with Crippen molar-refractivity contribution >= 4 is 76.6 Å². The summed E-state index contributed by atoms with van der Waals surface area (Å²) >= 11 is 6.37. The Morgan fingerprint density at radius 2 is 1.15 bits per heavy atom. The Labute approximate surface area is 548 Å². The molecule has 0 aromatic carbocycles. The molecule has 4 aliphatic carbocycles. The molecule has 0 aromatic rings. The minimum atomic E-state index is -4.49. The van der Waals surface area contributed by atoms with Gasteiger partial charge in [0.25, 0.3) is 0 Å². The molecule has 0 aromatic heterocycles. The number of amides is 11. The molecular formula is C66H107ClF3N11O11. The number of likely N-dealkylation sites (N-methyl/N-ethyl adjacent to an activating group) is 7. The monoisotopic (exact) mass is 1320 g/mol. The van der Waals surface area contributed by atoms with Crippen molar-refractivity contribution in [2.45, 2.75) is 242 Å². The van der Waals surface area contributed by atoms with Crippen LogP contribution in [0.5, 0.6) is 0 Å². The molecule has 4 saturated carbocycles. The average molecular weight is 1320 g/mol. The lowest BCUT2D eigenvalue weighted by atomic mass is 9.78. The topological polar surface area (TPSA) is 250 Å². The van der Waals surface area contributed by atoms with Crippen LogP contribution < -0.4 is 16.0 Å². The molecule has 2 heterocycles. The van der Waals surface area contributed by atoms with Crippen molar-refractivity contribution in [3.63, 3.8) is 0 Å². The summed E-state index contributed by atoms with van der Waals surface area (Å²) in [6, 6.07) is -7.37. The number of rotatable bonds is 11. The fraction of sp³-hybridized carbons (Fsp3) is 0.833. The third kappa shape index (κ3) is 19.5. The van der Waals surface area contributed by atoms with Crippen LogP contribution >= 0.6 is 11.6 Å². The highest BCUT2D eigenvalue weighted by Crippen LogP contribution is 2.44. The molecule has 11 atom stereocenters. The summed E-state index contributed by atoms with van der Waals surface area (Å²) in [6.07, 6.45) is 5.11. The molecule has 6 aliphatic rings. The van der Waals surface area contributed by atoms with Crippen LogP contribution in [0, 0.1) is 35.5 Å². The molecule has 2 saturated heterocycles. The minimum Gasteiger partial charge on any atom is -0.343 e. The highest BCUT2D eigenvalue weighted by Gasteiger charge is 2.51. The van der Waals surface area contributed by atoms with E-state index in [1.54, 1.807) is 27.9 Å². The molecule has 26 heteroatoms. The van der Waals surface area contributed by atoms with E-state index in [-0.39, 0.29) is 101 Å². The van der Waals surface area contributed by atoms with Gasteiger partial charge in [-0.2, -0.15) is 13.2 Å². The number of hydrogen-bond donors (Lipinski definition) is 3. The van der Waals surface area contributed by atoms with E-state index >= 15 is 9.59 Å². The molecule has 3 N–H and O–H groups in total. The van der Waals surface area contributed by atoms with Crippen molar-refractivity contribution in [1.82, 2.24) is 55.1 Å². The van der Waals surface area contributed by atoms with Gasteiger partial charge < -0.3 is 55.1 Å². The standard InChI is InChI=1S/C66H107ClF3N11O11/c1-13-41(4)57-63(91)76(8)38-55(84)74(6)39-56(85)79(11)51(35-43-20-15-14-16-21-43)61(89)75(7)37-53(82)71-48(28-26-44-25-27-46(47(67)34-44)66(68,69)70)60(88)81-31-19-22-49(81)59(87)73-65(29-17-18-30-65)64(92)80(12)52(36-45-23-24-45)62(90)77(9)42(5)33-54(83)78(10)50(32-40(2)3)58(86)72-57/h40-52,57H,13-39H2,1-12H3,(H,71,82)(H,72,86)(H,73,87)/t41-,42+,44?,46?,47?,48-,49-,50-,51-,52-,57-/m0/s1. The number of hydrogen-bond acceptors (Lipinski definition) is 11. The van der Waals surface area contributed by atoms with Gasteiger partial charge in [-0.15, -0.1) is 11.6 Å². The van der Waals surface area contributed by atoms with Gasteiger partial charge in [0.1, 0.15) is 41.8 Å². The summed E-state index contributed by atoms with van der Waals surface area (Å²) in [5.41, 5.74) is -1.45. The van der Waals surface area contributed by atoms with Crippen LogP contribution in [0.4, 0.5) is 13.2 Å². The zero-order valence-electron chi connectivity index (χ0n) is 56.8. The van der Waals surface area contributed by atoms with E-state index < -0.39 is 156 Å². The first-order chi connectivity index (χ1) is 43.2. The first-order valence-electron chi connectivity index (χ1n) is 33.9. The maximum Gasteiger partial charge on any atom is 0.393 e. The molecule has 0 bridgehead atoms. The Bertz CT molecular complexity index is 2640. The van der Waals surface area contributed by atoms with Gasteiger partial charge in [0.15, 0.2) is 0 Å². The number of nitrogens with one attached hydrogen (secondary N) is 3. The van der Waals surface area contributed by atoms with Crippen molar-refractivity contribution in [1.29, 1.82) is 0 Å². The zero-order valence-corrected chi connectivity index (χ0v) is 57.5. The summed E-state index contributed by atoms with van der Waals surface area (Å²) in [5, 5.41) is 7.61. The van der Waals surface area contributed by atoms with Gasteiger partial charge in [-0.1, -0.05) is 91.9 Å². The van der Waals surface area contributed by atoms with Crippen LogP contribution in [0.25, 0.3) is 0 Å². The van der Waals surface area contributed by atoms with Gasteiger partial charge >= 0.3 is 6.18 Å². The number of carbonyl (C=O) groups excluding carboxylic acids is 11. The van der Waals surface area contributed by atoms with Gasteiger partial charge in [-0.05, 0) is 114 Å². The van der Waals surface area contributed by atoms with Crippen LogP contribution in [0.1, 0.15) is 182 Å². The number of nitrogens with zero attached hydrogens (tertiary/aromatic N) is 8. The second kappa shape index (κ2) is 33.1. The van der Waals surface area contributed by atoms with Crippen LogP contribution in [-0.4, -0.2) is 239 Å². The molecule has 11 amide bonds. The maximum absolute atomic E-state index is 15.2. The number of carbonyl (C=O) groups is 11. The van der Waals surface area contributed by atoms with E-state index in [0.29, 0.717) is 32.1 Å². The van der Waals surface area contributed by atoms with E-state index in [1.807, 2.05) is 20.8 Å². The Kier molecular flexibility index (Phi) is 27.1. The van der Waals surface area contributed by atoms with Crippen LogP contribution in [-0.2, 0) is 52.7 Å². The molecule has 2 aliphatic heterocycles. The van der Waals surface area contributed by atoms with Crippen molar-refractivity contribution in [3.05, 3.63) is 0 Å². The third-order valence-electron chi connectivity index (χ3n) is 21.0. The number of halogens is 4. The van der Waals surface area contributed by atoms with Crippen LogP contribution in [0.2, 0.25) is 0 Å². The van der Waals surface area contributed by atoms with E-state index in [1.165, 1.54) is 69.5 Å². The summed E-state index contributed by atoms with van der Waals surface area (Å²) < 4.78 is 41.8. The fourth-order valence-electron chi connectivity index (χ4n) is 14.4. The van der Waals surface area contributed by atoms with Crippen molar-refractivity contribution in [2.75, 3.05) is 75.5 Å². The molecule has 22 nitrogen and oxygen atoms in total. The second-order valence-corrected chi connectivity index (χ2v) is 29.1. The minimum absolute atomic E-state index is 0.0186. The zero-order chi connectivity index (χ0) is 68.3. The van der Waals surface area contributed by atoms with E-state index in [0.717, 1.165) is 49.8 Å². The van der Waals surface area contributed by atoms with Crippen LogP contribution in [0.15, 0.2) is 0 Å². The maximum atomic E-state index is 15.2. The van der Waals surface area contributed by atoms with Crippen molar-refractivity contribution < 1.29 is 65.9 Å². The molecule has 92 heavy (non-hydrogen) atoms. The first-order valence-corrected chi connectivity index (χ1v) is 34.4. The highest BCUT2D eigenvalue weighted by atomic mass is 35.5. The SMILES string of the molecule is CC[C@H](C)[C@@H]1NC(=O)[C@H](CC(C)C)N(C)C(=O)C[C@@H](C)N(C)C(=O)[C@H](CC2CC2)N(C)C(=O)C2(CCCC2)NC(=O)[C@@H]2CCCN2C(=O)[C@H](CCC2CCC(C(F)(F)F)C(Cl)C2)NC(=O)CN(C)C(=O)[C@H](CC2CCCCC2)N(C)C(=O)CN(C)C(=O)CN(C)C1=O. The average Bonchev–Trinajstić information content (AvgIpc) is 1.52. The van der Waals surface area contributed by atoms with Gasteiger partial charge in [-0.25, -0.2) is 0 Å². The number of fused-ring (bicyclic) bond motifs is 1. The van der Waals surface area contributed by atoms with Gasteiger partial charge in [0.05, 0.1) is 25.6 Å². The Hall–Kier alpha value is -5.75. The summed E-state index contributed by atoms with van der Waals surface area (Å²) in [5.74, 6) is -8.65. The highest BCUT2D eigenvalue weighted by molar-refractivity contribution is 6.20. The Morgan fingerprint density at radius 1 is 0.576 bits per heavy atom. The summed E-state index contributed by atoms with van der Waals surface area (Å²) in [4.78, 5) is 171. The van der Waals surface area contributed by atoms with E-state index in [4.69, 9.17) is 11.6 Å². The van der Waals surface area contributed by atoms with Crippen molar-refractivity contribution in [3.8, 4) is 0 Å². The number of alkyl halides is 4. The molecule has 1 spiro atoms. The predicted octanol–water partition coefficient (Wildman–Crippen LogP) is 5.71. The van der Waals surface area contributed by atoms with Crippen molar-refractivity contribution in [2.24, 2.45) is 35.5 Å². The van der Waals surface area contributed by atoms with Crippen LogP contribution in [0.3, 0.4) is 0 Å². The summed E-state index contributed by atoms with van der Waals surface area (Å²) in [7, 11) is 10.3. The quantitative estimate of drug-likeness (QED) is 0.211. The molecular weight excluding hydrogens is 1220 g/mol. The lowest BCUT2D eigenvalue weighted by Gasteiger charge is -2.40. The lowest BCUT2D eigenvalue weighted by Crippen LogP contribution is -2.64. The van der Waals surface area contributed by atoms with Gasteiger partial charge in [0.2, 0.25) is 65.0 Å². The normalized spacial score (nSPS) is 30.3. The first kappa shape index (κ1) is 75.3. The Morgan fingerprint density at radius 3 is 1.74 bits per heavy atom. The molecule has 6 rings (SSSR count).